The van der Waals surface area contributed by atoms with Gasteiger partial charge >= 0.3 is 0 Å². The second kappa shape index (κ2) is 13.1. The van der Waals surface area contributed by atoms with Crippen LogP contribution in [0.2, 0.25) is 0 Å². The summed E-state index contributed by atoms with van der Waals surface area (Å²) in [6.07, 6.45) is 1.12. The van der Waals surface area contributed by atoms with E-state index in [0.29, 0.717) is 0 Å². The van der Waals surface area contributed by atoms with Crippen LogP contribution >= 0.6 is 0 Å². The predicted octanol–water partition coefficient (Wildman–Crippen LogP) is 4.91. The lowest BCUT2D eigenvalue weighted by Crippen LogP contribution is -2.61. The van der Waals surface area contributed by atoms with Crippen molar-refractivity contribution in [3.8, 4) is 0 Å². The largest absolute Gasteiger partial charge is 0.284 e. The Kier molecular flexibility index (Phi) is 22.4. The average molecular weight is 325 g/mol. The van der Waals surface area contributed by atoms with E-state index in [9.17, 15) is 0 Å². The van der Waals surface area contributed by atoms with Crippen LogP contribution < -0.4 is 0 Å². The Hall–Kier alpha value is -0.380. The Bertz CT molecular complexity index is 260. The van der Waals surface area contributed by atoms with Crippen LogP contribution in [0.25, 0.3) is 0 Å². The maximum absolute atomic E-state index is 4.00. The molecule has 22 heavy (non-hydrogen) atoms. The summed E-state index contributed by atoms with van der Waals surface area (Å²) in [6.45, 7) is 9.59. The smallest absolute Gasteiger partial charge is 0.211 e. The SMILES string of the molecule is C.C.C.C.C.C=C(C)CC[N+](C)(C)C[N+](C)(C)C[N+](C)(C)C. The van der Waals surface area contributed by atoms with Crippen molar-refractivity contribution in [3.05, 3.63) is 12.2 Å². The Labute approximate surface area is 146 Å². The zero-order chi connectivity index (χ0) is 13.9. The van der Waals surface area contributed by atoms with Crippen molar-refractivity contribution in [2.75, 3.05) is 69.2 Å². The third-order valence-electron chi connectivity index (χ3n) is 2.72. The minimum Gasteiger partial charge on any atom is -0.284 e. The van der Waals surface area contributed by atoms with E-state index in [-0.39, 0.29) is 37.1 Å². The molecule has 0 aliphatic rings. The molecule has 0 saturated heterocycles. The van der Waals surface area contributed by atoms with Gasteiger partial charge in [0.05, 0.1) is 55.9 Å². The highest BCUT2D eigenvalue weighted by molar-refractivity contribution is 4.87. The normalized spacial score (nSPS) is 10.7. The molecular formula is C19H54N3+3. The molecule has 3 nitrogen and oxygen atoms in total. The second-order valence-electron chi connectivity index (χ2n) is 7.88. The van der Waals surface area contributed by atoms with Gasteiger partial charge in [-0.1, -0.05) is 49.3 Å². The van der Waals surface area contributed by atoms with Crippen LogP contribution in [0.4, 0.5) is 0 Å². The molecule has 0 spiro atoms. The van der Waals surface area contributed by atoms with Gasteiger partial charge in [-0.2, -0.15) is 0 Å². The van der Waals surface area contributed by atoms with E-state index < -0.39 is 0 Å². The van der Waals surface area contributed by atoms with Gasteiger partial charge in [0.2, 0.25) is 13.3 Å². The van der Waals surface area contributed by atoms with E-state index in [1.807, 2.05) is 0 Å². The summed E-state index contributed by atoms with van der Waals surface area (Å²) in [4.78, 5) is 0. The van der Waals surface area contributed by atoms with E-state index in [1.54, 1.807) is 0 Å². The fraction of sp³-hybridized carbons (Fsp3) is 0.895. The van der Waals surface area contributed by atoms with Gasteiger partial charge in [-0.25, -0.2) is 4.48 Å². The number of hydrogen-bond donors (Lipinski definition) is 0. The summed E-state index contributed by atoms with van der Waals surface area (Å²) in [5, 5.41) is 0. The minimum absolute atomic E-state index is 0. The first kappa shape index (κ1) is 37.7. The predicted molar refractivity (Wildman–Crippen MR) is 110 cm³/mol. The molecule has 0 aliphatic carbocycles. The van der Waals surface area contributed by atoms with Crippen molar-refractivity contribution in [1.82, 2.24) is 0 Å². The van der Waals surface area contributed by atoms with Gasteiger partial charge in [0.1, 0.15) is 0 Å². The van der Waals surface area contributed by atoms with Crippen molar-refractivity contribution in [2.24, 2.45) is 0 Å². The van der Waals surface area contributed by atoms with Gasteiger partial charge < -0.3 is 0 Å². The summed E-state index contributed by atoms with van der Waals surface area (Å²) in [5.41, 5.74) is 1.29. The van der Waals surface area contributed by atoms with Crippen LogP contribution in [-0.2, 0) is 0 Å². The maximum Gasteiger partial charge on any atom is 0.211 e. The minimum atomic E-state index is 0. The highest BCUT2D eigenvalue weighted by Crippen LogP contribution is 2.11. The molecule has 0 atom stereocenters. The third-order valence-corrected chi connectivity index (χ3v) is 2.72. The Morgan fingerprint density at radius 3 is 1.32 bits per heavy atom. The summed E-state index contributed by atoms with van der Waals surface area (Å²) in [5.74, 6) is 0. The van der Waals surface area contributed by atoms with Gasteiger partial charge in [-0.3, -0.25) is 8.97 Å². The Balaban J connectivity index is -0.000000128. The lowest BCUT2D eigenvalue weighted by Gasteiger charge is -2.41. The van der Waals surface area contributed by atoms with Gasteiger partial charge in [-0.05, 0) is 6.92 Å². The summed E-state index contributed by atoms with van der Waals surface area (Å²) < 4.78 is 3.11. The van der Waals surface area contributed by atoms with E-state index in [0.717, 1.165) is 33.2 Å². The molecule has 0 aliphatic heterocycles. The summed E-state index contributed by atoms with van der Waals surface area (Å²) in [7, 11) is 16.1. The van der Waals surface area contributed by atoms with Crippen LogP contribution in [0.15, 0.2) is 12.2 Å². The molecule has 0 fully saturated rings. The molecule has 0 aromatic heterocycles. The van der Waals surface area contributed by atoms with Gasteiger partial charge in [0, 0.05) is 6.42 Å². The zero-order valence-electron chi connectivity index (χ0n) is 13.4. The molecule has 0 bridgehead atoms. The van der Waals surface area contributed by atoms with Gasteiger partial charge in [0.25, 0.3) is 0 Å². The molecule has 0 aromatic carbocycles. The van der Waals surface area contributed by atoms with Crippen molar-refractivity contribution < 1.29 is 13.4 Å². The molecule has 0 saturated carbocycles. The van der Waals surface area contributed by atoms with Gasteiger partial charge in [0.15, 0.2) is 0 Å². The molecule has 0 radical (unpaired) electrons. The summed E-state index contributed by atoms with van der Waals surface area (Å²) in [6, 6.07) is 0. The Morgan fingerprint density at radius 2 is 1.05 bits per heavy atom. The highest BCUT2D eigenvalue weighted by Gasteiger charge is 2.31. The first-order chi connectivity index (χ1) is 7.33. The zero-order valence-corrected chi connectivity index (χ0v) is 13.4. The molecule has 0 heterocycles. The van der Waals surface area contributed by atoms with Gasteiger partial charge in [-0.15, -0.1) is 0 Å². The Morgan fingerprint density at radius 1 is 0.682 bits per heavy atom. The monoisotopic (exact) mass is 324 g/mol. The van der Waals surface area contributed by atoms with Crippen LogP contribution in [0.1, 0.15) is 50.5 Å². The average Bonchev–Trinajstić information content (AvgIpc) is 1.93. The fourth-order valence-corrected chi connectivity index (χ4v) is 2.79. The van der Waals surface area contributed by atoms with Crippen molar-refractivity contribution >= 4 is 0 Å². The van der Waals surface area contributed by atoms with Crippen molar-refractivity contribution in [1.29, 1.82) is 0 Å². The molecule has 0 rings (SSSR count). The van der Waals surface area contributed by atoms with Crippen molar-refractivity contribution in [2.45, 2.75) is 50.5 Å². The summed E-state index contributed by atoms with van der Waals surface area (Å²) >= 11 is 0. The quantitative estimate of drug-likeness (QED) is 0.355. The number of rotatable bonds is 7. The number of hydrogen-bond acceptors (Lipinski definition) is 0. The first-order valence-electron chi connectivity index (χ1n) is 6.42. The standard InChI is InChI=1S/C14H34N3.5CH4/c1-14(2)10-11-16(6,7)13-17(8,9)12-15(3,4)5;;;;;/h1,10-13H2,2-9H3;5*1H4/q+3;;;;;. The lowest BCUT2D eigenvalue weighted by molar-refractivity contribution is -1.14. The molecule has 0 aromatic rings. The van der Waals surface area contributed by atoms with Crippen LogP contribution in [-0.4, -0.2) is 82.7 Å². The number of quaternary nitrogens is 3. The van der Waals surface area contributed by atoms with Crippen molar-refractivity contribution in [3.63, 3.8) is 0 Å². The maximum atomic E-state index is 4.00. The lowest BCUT2D eigenvalue weighted by atomic mass is 10.2. The first-order valence-corrected chi connectivity index (χ1v) is 6.42. The molecule has 0 amide bonds. The third kappa shape index (κ3) is 21.9. The molecular weight excluding hydrogens is 270 g/mol. The fourth-order valence-electron chi connectivity index (χ4n) is 2.79. The number of nitrogens with zero attached hydrogens (tertiary/aromatic N) is 3. The van der Waals surface area contributed by atoms with Crippen LogP contribution in [0, 0.1) is 0 Å². The van der Waals surface area contributed by atoms with Crippen LogP contribution in [0.5, 0.6) is 0 Å². The molecule has 0 N–H and O–H groups in total. The molecule has 3 heteroatoms. The second-order valence-corrected chi connectivity index (χ2v) is 7.88. The van der Waals surface area contributed by atoms with E-state index in [1.165, 1.54) is 12.1 Å². The molecule has 142 valence electrons. The molecule has 0 unspecified atom stereocenters. The topological polar surface area (TPSA) is 0 Å². The van der Waals surface area contributed by atoms with E-state index in [4.69, 9.17) is 0 Å². The highest BCUT2D eigenvalue weighted by atomic mass is 15.6. The van der Waals surface area contributed by atoms with E-state index in [2.05, 4.69) is 62.8 Å². The van der Waals surface area contributed by atoms with Crippen LogP contribution in [0.3, 0.4) is 0 Å². The van der Waals surface area contributed by atoms with E-state index >= 15 is 0 Å².